The molecule has 0 spiro atoms. The number of benzene rings is 2. The molecule has 2 aromatic carbocycles. The van der Waals surface area contributed by atoms with Crippen LogP contribution in [0.2, 0.25) is 5.02 Å². The van der Waals surface area contributed by atoms with Gasteiger partial charge >= 0.3 is 0 Å². The lowest BCUT2D eigenvalue weighted by atomic mass is 10.2. The molecule has 0 atom stereocenters. The number of piperazine rings is 1. The van der Waals surface area contributed by atoms with Crippen LogP contribution < -0.4 is 5.32 Å². The van der Waals surface area contributed by atoms with Crippen LogP contribution in [-0.2, 0) is 14.8 Å². The second-order valence-corrected chi connectivity index (χ2v) is 9.34. The predicted molar refractivity (Wildman–Crippen MR) is 110 cm³/mol. The highest BCUT2D eigenvalue weighted by atomic mass is 35.5. The molecule has 1 aliphatic rings. The highest BCUT2D eigenvalue weighted by Gasteiger charge is 2.30. The van der Waals surface area contributed by atoms with Gasteiger partial charge in [-0.15, -0.1) is 0 Å². The summed E-state index contributed by atoms with van der Waals surface area (Å²) in [6.07, 6.45) is -0.0273. The van der Waals surface area contributed by atoms with Crippen molar-refractivity contribution in [3.05, 3.63) is 64.4 Å². The maximum Gasteiger partial charge on any atom is 0.252 e. The van der Waals surface area contributed by atoms with Crippen LogP contribution in [0.25, 0.3) is 0 Å². The van der Waals surface area contributed by atoms with Crippen LogP contribution in [0.15, 0.2) is 41.3 Å². The molecular weight excluding hydrogens is 471 g/mol. The largest absolute Gasteiger partial charge is 0.351 e. The first kappa shape index (κ1) is 24.0. The predicted octanol–water partition coefficient (Wildman–Crippen LogP) is 2.41. The monoisotopic (exact) mass is 489 g/mol. The van der Waals surface area contributed by atoms with Gasteiger partial charge in [-0.05, 0) is 36.4 Å². The van der Waals surface area contributed by atoms with Gasteiger partial charge in [-0.1, -0.05) is 11.6 Å². The molecule has 0 aromatic heterocycles. The van der Waals surface area contributed by atoms with E-state index < -0.39 is 33.4 Å². The first-order valence-electron chi connectivity index (χ1n) is 9.56. The summed E-state index contributed by atoms with van der Waals surface area (Å²) in [7, 11) is -4.02. The summed E-state index contributed by atoms with van der Waals surface area (Å²) < 4.78 is 65.9. The Morgan fingerprint density at radius 1 is 0.969 bits per heavy atom. The quantitative estimate of drug-likeness (QED) is 0.675. The van der Waals surface area contributed by atoms with E-state index in [2.05, 4.69) is 5.32 Å². The van der Waals surface area contributed by atoms with Crippen molar-refractivity contribution in [2.24, 2.45) is 0 Å². The van der Waals surface area contributed by atoms with Crippen molar-refractivity contribution in [1.29, 1.82) is 0 Å². The van der Waals surface area contributed by atoms with E-state index in [0.29, 0.717) is 6.07 Å². The van der Waals surface area contributed by atoms with Crippen molar-refractivity contribution < 1.29 is 31.2 Å². The molecular formula is C20H19ClF3N3O4S. The number of carbonyl (C=O) groups is 2. The van der Waals surface area contributed by atoms with E-state index in [9.17, 15) is 31.2 Å². The number of halogens is 4. The van der Waals surface area contributed by atoms with Crippen LogP contribution in [-0.4, -0.2) is 62.2 Å². The lowest BCUT2D eigenvalue weighted by Gasteiger charge is -2.34. The molecule has 0 unspecified atom stereocenters. The number of nitrogens with zero attached hydrogens (tertiary/aromatic N) is 2. The normalized spacial score (nSPS) is 14.9. The lowest BCUT2D eigenvalue weighted by molar-refractivity contribution is -0.132. The zero-order chi connectivity index (χ0) is 23.5. The van der Waals surface area contributed by atoms with E-state index in [4.69, 9.17) is 11.6 Å². The first-order valence-corrected chi connectivity index (χ1v) is 11.4. The van der Waals surface area contributed by atoms with Gasteiger partial charge in [0, 0.05) is 39.1 Å². The van der Waals surface area contributed by atoms with E-state index in [1.165, 1.54) is 11.0 Å². The molecule has 12 heteroatoms. The summed E-state index contributed by atoms with van der Waals surface area (Å²) in [6, 6.07) is 5.70. The van der Waals surface area contributed by atoms with Crippen LogP contribution in [0.5, 0.6) is 0 Å². The molecule has 0 aliphatic carbocycles. The van der Waals surface area contributed by atoms with Crippen LogP contribution in [0.4, 0.5) is 13.2 Å². The van der Waals surface area contributed by atoms with E-state index in [0.717, 1.165) is 28.6 Å². The van der Waals surface area contributed by atoms with Crippen molar-refractivity contribution in [2.45, 2.75) is 11.3 Å². The van der Waals surface area contributed by atoms with Gasteiger partial charge in [0.25, 0.3) is 5.91 Å². The minimum atomic E-state index is -4.02. The van der Waals surface area contributed by atoms with E-state index in [1.807, 2.05) is 0 Å². The molecule has 3 rings (SSSR count). The molecule has 2 amide bonds. The van der Waals surface area contributed by atoms with Gasteiger partial charge in [0.1, 0.15) is 5.82 Å². The van der Waals surface area contributed by atoms with Gasteiger partial charge in [0.15, 0.2) is 11.6 Å². The van der Waals surface area contributed by atoms with E-state index >= 15 is 0 Å². The minimum absolute atomic E-state index is 0.00931. The van der Waals surface area contributed by atoms with Crippen molar-refractivity contribution in [3.8, 4) is 0 Å². The smallest absolute Gasteiger partial charge is 0.252 e. The van der Waals surface area contributed by atoms with Crippen LogP contribution in [0.3, 0.4) is 0 Å². The topological polar surface area (TPSA) is 86.8 Å². The highest BCUT2D eigenvalue weighted by molar-refractivity contribution is 7.89. The van der Waals surface area contributed by atoms with Gasteiger partial charge in [-0.25, -0.2) is 21.6 Å². The number of rotatable bonds is 6. The Bertz CT molecular complexity index is 1140. The fourth-order valence-electron chi connectivity index (χ4n) is 3.17. The maximum absolute atomic E-state index is 13.4. The summed E-state index contributed by atoms with van der Waals surface area (Å²) in [6.45, 7) is 0.215. The Hall–Kier alpha value is -2.63. The molecule has 2 aromatic rings. The second kappa shape index (κ2) is 9.88. The molecule has 1 fully saturated rings. The molecule has 32 heavy (non-hydrogen) atoms. The van der Waals surface area contributed by atoms with Crippen LogP contribution >= 0.6 is 11.6 Å². The fourth-order valence-corrected chi connectivity index (χ4v) is 4.86. The second-order valence-electron chi connectivity index (χ2n) is 6.99. The van der Waals surface area contributed by atoms with Crippen molar-refractivity contribution in [3.63, 3.8) is 0 Å². The number of sulfonamides is 1. The summed E-state index contributed by atoms with van der Waals surface area (Å²) in [5, 5.41) is 2.48. The molecule has 0 radical (unpaired) electrons. The summed E-state index contributed by atoms with van der Waals surface area (Å²) in [4.78, 5) is 25.6. The third-order valence-electron chi connectivity index (χ3n) is 4.92. The molecule has 7 nitrogen and oxygen atoms in total. The third kappa shape index (κ3) is 5.40. The first-order chi connectivity index (χ1) is 15.1. The van der Waals surface area contributed by atoms with Gasteiger partial charge in [-0.2, -0.15) is 4.31 Å². The van der Waals surface area contributed by atoms with Gasteiger partial charge in [0.2, 0.25) is 15.9 Å². The zero-order valence-electron chi connectivity index (χ0n) is 16.7. The summed E-state index contributed by atoms with van der Waals surface area (Å²) >= 11 is 5.83. The number of nitrogens with one attached hydrogen (secondary N) is 1. The SMILES string of the molecule is O=C(NCCC(=O)N1CCN(S(=O)(=O)c2ccc(F)c(F)c2)CC1)c1ccc(F)cc1Cl. The van der Waals surface area contributed by atoms with Gasteiger partial charge in [-0.3, -0.25) is 9.59 Å². The van der Waals surface area contributed by atoms with Crippen molar-refractivity contribution >= 4 is 33.4 Å². The Balaban J connectivity index is 1.50. The molecule has 172 valence electrons. The molecule has 0 saturated carbocycles. The molecule has 1 heterocycles. The Morgan fingerprint density at radius 2 is 1.66 bits per heavy atom. The van der Waals surface area contributed by atoms with Crippen molar-refractivity contribution in [1.82, 2.24) is 14.5 Å². The van der Waals surface area contributed by atoms with E-state index in [1.54, 1.807) is 0 Å². The average molecular weight is 490 g/mol. The van der Waals surface area contributed by atoms with Gasteiger partial charge in [0.05, 0.1) is 15.5 Å². The maximum atomic E-state index is 13.4. The van der Waals surface area contributed by atoms with Crippen LogP contribution in [0, 0.1) is 17.5 Å². The summed E-state index contributed by atoms with van der Waals surface area (Å²) in [5.41, 5.74) is 0.0802. The molecule has 1 saturated heterocycles. The number of carbonyl (C=O) groups excluding carboxylic acids is 2. The molecule has 0 bridgehead atoms. The van der Waals surface area contributed by atoms with E-state index in [-0.39, 0.29) is 60.5 Å². The molecule has 1 N–H and O–H groups in total. The highest BCUT2D eigenvalue weighted by Crippen LogP contribution is 2.20. The number of amides is 2. The fraction of sp³-hybridized carbons (Fsp3) is 0.300. The average Bonchev–Trinajstić information content (AvgIpc) is 2.75. The van der Waals surface area contributed by atoms with Crippen LogP contribution in [0.1, 0.15) is 16.8 Å². The molecule has 1 aliphatic heterocycles. The number of hydrogen-bond acceptors (Lipinski definition) is 4. The Kier molecular flexibility index (Phi) is 7.42. The Morgan fingerprint density at radius 3 is 2.28 bits per heavy atom. The lowest BCUT2D eigenvalue weighted by Crippen LogP contribution is -2.50. The van der Waals surface area contributed by atoms with Crippen molar-refractivity contribution in [2.75, 3.05) is 32.7 Å². The minimum Gasteiger partial charge on any atom is -0.351 e. The van der Waals surface area contributed by atoms with Gasteiger partial charge < -0.3 is 10.2 Å². The number of hydrogen-bond donors (Lipinski definition) is 1. The summed E-state index contributed by atoms with van der Waals surface area (Å²) in [5.74, 6) is -3.82. The zero-order valence-corrected chi connectivity index (χ0v) is 18.2. The Labute approximate surface area is 187 Å². The standard InChI is InChI=1S/C20H19ClF3N3O4S/c21-16-11-13(22)1-3-15(16)20(29)25-6-5-19(28)26-7-9-27(10-8-26)32(30,31)14-2-4-17(23)18(24)12-14/h1-4,11-12H,5-10H2,(H,25,29). The third-order valence-corrected chi connectivity index (χ3v) is 7.13.